The van der Waals surface area contributed by atoms with Crippen molar-refractivity contribution < 1.29 is 4.79 Å². The molecule has 2 aromatic rings. The summed E-state index contributed by atoms with van der Waals surface area (Å²) in [5.74, 6) is -0.115. The van der Waals surface area contributed by atoms with Crippen LogP contribution in [-0.4, -0.2) is 33.2 Å². The monoisotopic (exact) mass is 449 g/mol. The molecule has 158 valence electrons. The number of thiocarbonyl (C=S) groups is 2. The molecule has 1 aliphatic rings. The minimum Gasteiger partial charge on any atom is -0.302 e. The van der Waals surface area contributed by atoms with Gasteiger partial charge in [-0.1, -0.05) is 6.07 Å². The molecule has 1 aromatic heterocycles. The van der Waals surface area contributed by atoms with Gasteiger partial charge in [0.25, 0.3) is 5.91 Å². The first-order valence-corrected chi connectivity index (χ1v) is 10.8. The van der Waals surface area contributed by atoms with Gasteiger partial charge >= 0.3 is 0 Å². The Morgan fingerprint density at radius 3 is 2.58 bits per heavy atom. The van der Waals surface area contributed by atoms with Crippen LogP contribution in [0.4, 0.5) is 17.1 Å². The van der Waals surface area contributed by atoms with Gasteiger partial charge in [0, 0.05) is 17.9 Å². The van der Waals surface area contributed by atoms with Gasteiger partial charge in [-0.25, -0.2) is 9.84 Å². The molecular formula is C23H23N5OS2. The zero-order valence-corrected chi connectivity index (χ0v) is 19.4. The summed E-state index contributed by atoms with van der Waals surface area (Å²) in [6, 6.07) is 9.23. The van der Waals surface area contributed by atoms with Gasteiger partial charge in [-0.15, -0.1) is 0 Å². The zero-order valence-electron chi connectivity index (χ0n) is 17.8. The van der Waals surface area contributed by atoms with Gasteiger partial charge in [0.05, 0.1) is 23.6 Å². The third-order valence-corrected chi connectivity index (χ3v) is 5.81. The van der Waals surface area contributed by atoms with Crippen molar-refractivity contribution in [1.82, 2.24) is 4.98 Å². The predicted octanol–water partition coefficient (Wildman–Crippen LogP) is 5.28. The number of anilines is 2. The molecule has 0 atom stereocenters. The number of amides is 1. The van der Waals surface area contributed by atoms with Crippen LogP contribution in [0.2, 0.25) is 0 Å². The highest BCUT2D eigenvalue weighted by Gasteiger charge is 2.50. The van der Waals surface area contributed by atoms with Crippen molar-refractivity contribution in [2.75, 3.05) is 16.3 Å². The average molecular weight is 450 g/mol. The molecule has 1 saturated heterocycles. The Morgan fingerprint density at radius 1 is 1.23 bits per heavy atom. The van der Waals surface area contributed by atoms with Crippen LogP contribution < -0.4 is 9.80 Å². The maximum atomic E-state index is 13.3. The number of carbonyl (C=O) groups excluding carboxylic acids is 1. The highest BCUT2D eigenvalue weighted by molar-refractivity contribution is 7.81. The van der Waals surface area contributed by atoms with E-state index in [9.17, 15) is 4.79 Å². The summed E-state index contributed by atoms with van der Waals surface area (Å²) in [5, 5.41) is 2.78. The van der Waals surface area contributed by atoms with Crippen molar-refractivity contribution in [2.45, 2.75) is 45.6 Å². The Hall–Kier alpha value is -2.98. The molecule has 0 aliphatic carbocycles. The second-order valence-corrected chi connectivity index (χ2v) is 8.39. The average Bonchev–Trinajstić information content (AvgIpc) is 2.92. The summed E-state index contributed by atoms with van der Waals surface area (Å²) in [4.78, 5) is 28.6. The number of hydrogen-bond donors (Lipinski definition) is 0. The van der Waals surface area contributed by atoms with Gasteiger partial charge in [-0.05, 0) is 94.3 Å². The molecule has 1 amide bonds. The highest BCUT2D eigenvalue weighted by Crippen LogP contribution is 2.37. The maximum Gasteiger partial charge on any atom is 0.259 e. The number of isothiocyanates is 1. The fourth-order valence-electron chi connectivity index (χ4n) is 3.60. The zero-order chi connectivity index (χ0) is 22.6. The number of hydrogen-bond acceptors (Lipinski definition) is 5. The largest absolute Gasteiger partial charge is 0.302 e. The number of benzene rings is 1. The fraction of sp³-hybridized carbons (Fsp3) is 0.348. The van der Waals surface area contributed by atoms with Crippen molar-refractivity contribution >= 4 is 57.7 Å². The van der Waals surface area contributed by atoms with Crippen molar-refractivity contribution in [2.24, 2.45) is 4.99 Å². The molecule has 8 heteroatoms. The van der Waals surface area contributed by atoms with E-state index in [2.05, 4.69) is 32.2 Å². The molecule has 0 N–H and O–H groups in total. The molecule has 1 fully saturated rings. The van der Waals surface area contributed by atoms with Crippen LogP contribution in [0, 0.1) is 13.5 Å². The number of nitrogens with zero attached hydrogens (tertiary/aromatic N) is 5. The summed E-state index contributed by atoms with van der Waals surface area (Å²) in [6.07, 6.45) is 4.51. The van der Waals surface area contributed by atoms with Crippen molar-refractivity contribution in [3.05, 3.63) is 59.2 Å². The Labute approximate surface area is 193 Å². The SMILES string of the molecule is [C-]#[N+]c1ccc(N2C(=O)C(C)(C)N(c3ccc(CCCCN=C=S)nc3)C2=S)cc1C. The lowest BCUT2D eigenvalue weighted by molar-refractivity contribution is -0.120. The van der Waals surface area contributed by atoms with E-state index in [1.54, 1.807) is 23.2 Å². The molecule has 31 heavy (non-hydrogen) atoms. The van der Waals surface area contributed by atoms with Crippen LogP contribution >= 0.6 is 24.4 Å². The van der Waals surface area contributed by atoms with E-state index in [0.29, 0.717) is 23.0 Å². The summed E-state index contributed by atoms with van der Waals surface area (Å²) < 4.78 is 0. The van der Waals surface area contributed by atoms with E-state index in [1.165, 1.54) is 0 Å². The molecule has 1 aromatic carbocycles. The Morgan fingerprint density at radius 2 is 1.97 bits per heavy atom. The summed E-state index contributed by atoms with van der Waals surface area (Å²) >= 11 is 10.3. The molecule has 0 unspecified atom stereocenters. The lowest BCUT2D eigenvalue weighted by Crippen LogP contribution is -2.44. The first-order chi connectivity index (χ1) is 14.8. The van der Waals surface area contributed by atoms with Crippen LogP contribution in [0.25, 0.3) is 4.85 Å². The molecular weight excluding hydrogens is 426 g/mol. The lowest BCUT2D eigenvalue weighted by Gasteiger charge is -2.29. The second-order valence-electron chi connectivity index (χ2n) is 7.84. The minimum absolute atomic E-state index is 0.115. The standard InChI is InChI=1S/C23H23N5OS2/c1-16-13-18(10-11-20(16)24-4)27-21(29)23(2,3)28(22(27)31)19-9-8-17(26-14-19)7-5-6-12-25-15-30/h8-11,13-14H,5-7,12H2,1-3H3. The number of carbonyl (C=O) groups is 1. The Balaban J connectivity index is 1.82. The number of unbranched alkanes of at least 4 members (excludes halogenated alkanes) is 1. The van der Waals surface area contributed by atoms with Crippen LogP contribution in [0.3, 0.4) is 0 Å². The number of aromatic nitrogens is 1. The van der Waals surface area contributed by atoms with Crippen LogP contribution in [0.15, 0.2) is 41.5 Å². The van der Waals surface area contributed by atoms with Crippen LogP contribution in [0.1, 0.15) is 37.9 Å². The molecule has 2 heterocycles. The molecule has 0 spiro atoms. The Bertz CT molecular complexity index is 1100. The van der Waals surface area contributed by atoms with Crippen molar-refractivity contribution in [3.8, 4) is 0 Å². The molecule has 0 bridgehead atoms. The normalized spacial score (nSPS) is 15.0. The van der Waals surface area contributed by atoms with Gasteiger partial charge in [-0.3, -0.25) is 14.7 Å². The first-order valence-electron chi connectivity index (χ1n) is 9.96. The van der Waals surface area contributed by atoms with Gasteiger partial charge < -0.3 is 4.90 Å². The smallest absolute Gasteiger partial charge is 0.259 e. The number of rotatable bonds is 7. The lowest BCUT2D eigenvalue weighted by atomic mass is 10.0. The van der Waals surface area contributed by atoms with Gasteiger partial charge in [0.15, 0.2) is 10.8 Å². The summed E-state index contributed by atoms with van der Waals surface area (Å²) in [6.45, 7) is 13.5. The van der Waals surface area contributed by atoms with E-state index in [1.807, 2.05) is 43.9 Å². The predicted molar refractivity (Wildman–Crippen MR) is 131 cm³/mol. The minimum atomic E-state index is -0.856. The van der Waals surface area contributed by atoms with Gasteiger partial charge in [0.2, 0.25) is 0 Å². The van der Waals surface area contributed by atoms with Crippen LogP contribution in [0.5, 0.6) is 0 Å². The van der Waals surface area contributed by atoms with E-state index >= 15 is 0 Å². The second kappa shape index (κ2) is 9.44. The third-order valence-electron chi connectivity index (χ3n) is 5.31. The van der Waals surface area contributed by atoms with Gasteiger partial charge in [-0.2, -0.15) is 0 Å². The summed E-state index contributed by atoms with van der Waals surface area (Å²) in [5.41, 5.74) is 2.93. The topological polar surface area (TPSA) is 53.2 Å². The molecule has 6 nitrogen and oxygen atoms in total. The molecule has 0 radical (unpaired) electrons. The maximum absolute atomic E-state index is 13.3. The number of pyridine rings is 1. The summed E-state index contributed by atoms with van der Waals surface area (Å²) in [7, 11) is 0. The van der Waals surface area contributed by atoms with E-state index in [-0.39, 0.29) is 5.91 Å². The quantitative estimate of drug-likeness (QED) is 0.249. The molecule has 0 saturated carbocycles. The van der Waals surface area contributed by atoms with E-state index in [4.69, 9.17) is 18.8 Å². The van der Waals surface area contributed by atoms with Crippen LogP contribution in [-0.2, 0) is 11.2 Å². The van der Waals surface area contributed by atoms with E-state index < -0.39 is 5.54 Å². The Kier molecular flexibility index (Phi) is 6.91. The number of aryl methyl sites for hydroxylation is 2. The highest BCUT2D eigenvalue weighted by atomic mass is 32.1. The third kappa shape index (κ3) is 4.54. The first kappa shape index (κ1) is 22.7. The molecule has 3 rings (SSSR count). The fourth-order valence-corrected chi connectivity index (χ4v) is 4.21. The number of aliphatic imine (C=N–C) groups is 1. The molecule has 1 aliphatic heterocycles. The van der Waals surface area contributed by atoms with E-state index in [0.717, 1.165) is 36.2 Å². The van der Waals surface area contributed by atoms with Crippen molar-refractivity contribution in [1.29, 1.82) is 0 Å². The van der Waals surface area contributed by atoms with Gasteiger partial charge in [0.1, 0.15) is 5.54 Å². The van der Waals surface area contributed by atoms with Crippen molar-refractivity contribution in [3.63, 3.8) is 0 Å².